The van der Waals surface area contributed by atoms with Gasteiger partial charge in [-0.15, -0.1) is 0 Å². The highest BCUT2D eigenvalue weighted by Gasteiger charge is 2.08. The average Bonchev–Trinajstić information content (AvgIpc) is 2.32. The maximum atomic E-state index is 11.6. The molecule has 0 aromatic heterocycles. The third kappa shape index (κ3) is 2.28. The predicted octanol–water partition coefficient (Wildman–Crippen LogP) is 4.17. The van der Waals surface area contributed by atoms with E-state index in [0.717, 1.165) is 16.7 Å². The minimum Gasteiger partial charge on any atom is -0.294 e. The molecule has 0 aliphatic heterocycles. The maximum absolute atomic E-state index is 11.6. The molecule has 86 valence electrons. The molecule has 1 nitrogen and oxygen atoms in total. The summed E-state index contributed by atoms with van der Waals surface area (Å²) in [6, 6.07) is 14.1. The Balaban J connectivity index is 2.60. The van der Waals surface area contributed by atoms with Gasteiger partial charge in [0, 0.05) is 5.56 Å². The Morgan fingerprint density at radius 1 is 0.941 bits per heavy atom. The summed E-state index contributed by atoms with van der Waals surface area (Å²) < 4.78 is 0. The summed E-state index contributed by atoms with van der Waals surface area (Å²) in [6.07, 6.45) is 0. The monoisotopic (exact) mass is 224 g/mol. The molecule has 0 bridgehead atoms. The second kappa shape index (κ2) is 4.54. The summed E-state index contributed by atoms with van der Waals surface area (Å²) in [5, 5.41) is 0. The van der Waals surface area contributed by atoms with Gasteiger partial charge in [-0.05, 0) is 43.0 Å². The van der Waals surface area contributed by atoms with Crippen molar-refractivity contribution in [2.75, 3.05) is 0 Å². The molecule has 0 spiro atoms. The van der Waals surface area contributed by atoms with Crippen molar-refractivity contribution < 1.29 is 4.79 Å². The van der Waals surface area contributed by atoms with Crippen molar-refractivity contribution in [1.82, 2.24) is 0 Å². The maximum Gasteiger partial charge on any atom is 0.160 e. The van der Waals surface area contributed by atoms with Gasteiger partial charge in [0.05, 0.1) is 0 Å². The van der Waals surface area contributed by atoms with Gasteiger partial charge in [0.25, 0.3) is 0 Å². The van der Waals surface area contributed by atoms with Crippen LogP contribution >= 0.6 is 0 Å². The zero-order chi connectivity index (χ0) is 12.4. The molecule has 2 aromatic rings. The van der Waals surface area contributed by atoms with Gasteiger partial charge in [0.1, 0.15) is 0 Å². The van der Waals surface area contributed by atoms with Crippen molar-refractivity contribution in [3.63, 3.8) is 0 Å². The summed E-state index contributed by atoms with van der Waals surface area (Å²) in [5.41, 5.74) is 5.44. The first-order valence-electron chi connectivity index (χ1n) is 5.77. The molecule has 0 heterocycles. The van der Waals surface area contributed by atoms with Gasteiger partial charge in [0.2, 0.25) is 0 Å². The van der Waals surface area contributed by atoms with E-state index in [0.29, 0.717) is 0 Å². The fraction of sp³-hybridized carbons (Fsp3) is 0.188. The van der Waals surface area contributed by atoms with E-state index in [2.05, 4.69) is 32.0 Å². The standard InChI is InChI=1S/C16H16O/c1-11-8-9-14(10-12(11)2)16-7-5-4-6-15(16)13(3)17/h4-10H,1-3H3. The highest BCUT2D eigenvalue weighted by molar-refractivity contribution is 6.00. The molecular formula is C16H16O. The molecule has 0 aliphatic rings. The third-order valence-electron chi connectivity index (χ3n) is 3.12. The first kappa shape index (κ1) is 11.6. The fourth-order valence-electron chi connectivity index (χ4n) is 1.95. The highest BCUT2D eigenvalue weighted by Crippen LogP contribution is 2.25. The van der Waals surface area contributed by atoms with Crippen LogP contribution in [0, 0.1) is 13.8 Å². The summed E-state index contributed by atoms with van der Waals surface area (Å²) >= 11 is 0. The van der Waals surface area contributed by atoms with Crippen molar-refractivity contribution in [3.05, 3.63) is 59.2 Å². The molecule has 0 aliphatic carbocycles. The number of hydrogen-bond donors (Lipinski definition) is 0. The lowest BCUT2D eigenvalue weighted by Gasteiger charge is -2.09. The lowest BCUT2D eigenvalue weighted by Crippen LogP contribution is -1.96. The van der Waals surface area contributed by atoms with Crippen molar-refractivity contribution >= 4 is 5.78 Å². The molecule has 0 amide bonds. The Hall–Kier alpha value is -1.89. The molecule has 0 saturated heterocycles. The van der Waals surface area contributed by atoms with E-state index < -0.39 is 0 Å². The van der Waals surface area contributed by atoms with Gasteiger partial charge in [-0.3, -0.25) is 4.79 Å². The molecule has 17 heavy (non-hydrogen) atoms. The van der Waals surface area contributed by atoms with Crippen molar-refractivity contribution in [2.24, 2.45) is 0 Å². The number of benzene rings is 2. The van der Waals surface area contributed by atoms with Crippen molar-refractivity contribution in [3.8, 4) is 11.1 Å². The zero-order valence-corrected chi connectivity index (χ0v) is 10.4. The van der Waals surface area contributed by atoms with Crippen LogP contribution in [0.3, 0.4) is 0 Å². The smallest absolute Gasteiger partial charge is 0.160 e. The van der Waals surface area contributed by atoms with Crippen LogP contribution in [-0.4, -0.2) is 5.78 Å². The summed E-state index contributed by atoms with van der Waals surface area (Å²) in [6.45, 7) is 5.80. The van der Waals surface area contributed by atoms with Crippen molar-refractivity contribution in [2.45, 2.75) is 20.8 Å². The van der Waals surface area contributed by atoms with E-state index in [-0.39, 0.29) is 5.78 Å². The first-order chi connectivity index (χ1) is 8.09. The van der Waals surface area contributed by atoms with Gasteiger partial charge < -0.3 is 0 Å². The van der Waals surface area contributed by atoms with E-state index in [1.165, 1.54) is 11.1 Å². The number of carbonyl (C=O) groups excluding carboxylic acids is 1. The van der Waals surface area contributed by atoms with Crippen LogP contribution < -0.4 is 0 Å². The SMILES string of the molecule is CC(=O)c1ccccc1-c1ccc(C)c(C)c1. The van der Waals surface area contributed by atoms with Gasteiger partial charge in [-0.1, -0.05) is 42.5 Å². The zero-order valence-electron chi connectivity index (χ0n) is 10.4. The summed E-state index contributed by atoms with van der Waals surface area (Å²) in [4.78, 5) is 11.6. The molecule has 0 unspecified atom stereocenters. The fourth-order valence-corrected chi connectivity index (χ4v) is 1.95. The second-order valence-electron chi connectivity index (χ2n) is 4.40. The Labute approximate surface area is 102 Å². The van der Waals surface area contributed by atoms with E-state index >= 15 is 0 Å². The Morgan fingerprint density at radius 3 is 2.29 bits per heavy atom. The first-order valence-corrected chi connectivity index (χ1v) is 5.77. The van der Waals surface area contributed by atoms with E-state index in [1.54, 1.807) is 6.92 Å². The minimum absolute atomic E-state index is 0.110. The van der Waals surface area contributed by atoms with Crippen LogP contribution in [-0.2, 0) is 0 Å². The summed E-state index contributed by atoms with van der Waals surface area (Å²) in [5.74, 6) is 0.110. The van der Waals surface area contributed by atoms with E-state index in [4.69, 9.17) is 0 Å². The van der Waals surface area contributed by atoms with Crippen LogP contribution in [0.1, 0.15) is 28.4 Å². The lowest BCUT2D eigenvalue weighted by molar-refractivity contribution is 0.101. The molecule has 1 heteroatoms. The highest BCUT2D eigenvalue weighted by atomic mass is 16.1. The molecule has 0 fully saturated rings. The number of Topliss-reactive ketones (excluding diaryl/α,β-unsaturated/α-hetero) is 1. The number of rotatable bonds is 2. The Morgan fingerprint density at radius 2 is 1.65 bits per heavy atom. The van der Waals surface area contributed by atoms with Crippen LogP contribution in [0.2, 0.25) is 0 Å². The number of hydrogen-bond acceptors (Lipinski definition) is 1. The molecule has 0 N–H and O–H groups in total. The molecule has 2 rings (SSSR count). The van der Waals surface area contributed by atoms with Crippen LogP contribution in [0.4, 0.5) is 0 Å². The lowest BCUT2D eigenvalue weighted by atomic mass is 9.95. The molecule has 2 aromatic carbocycles. The van der Waals surface area contributed by atoms with Crippen LogP contribution in [0.25, 0.3) is 11.1 Å². The van der Waals surface area contributed by atoms with E-state index in [1.807, 2.05) is 24.3 Å². The number of carbonyl (C=O) groups is 1. The quantitative estimate of drug-likeness (QED) is 0.699. The Kier molecular flexibility index (Phi) is 3.10. The molecular weight excluding hydrogens is 208 g/mol. The van der Waals surface area contributed by atoms with Gasteiger partial charge in [-0.2, -0.15) is 0 Å². The molecule has 0 radical (unpaired) electrons. The Bertz CT molecular complexity index is 567. The third-order valence-corrected chi connectivity index (χ3v) is 3.12. The van der Waals surface area contributed by atoms with Crippen LogP contribution in [0.5, 0.6) is 0 Å². The molecule has 0 atom stereocenters. The summed E-state index contributed by atoms with van der Waals surface area (Å²) in [7, 11) is 0. The van der Waals surface area contributed by atoms with Crippen LogP contribution in [0.15, 0.2) is 42.5 Å². The number of aryl methyl sites for hydroxylation is 2. The molecule has 0 saturated carbocycles. The topological polar surface area (TPSA) is 17.1 Å². The average molecular weight is 224 g/mol. The van der Waals surface area contributed by atoms with Gasteiger partial charge in [0.15, 0.2) is 5.78 Å². The second-order valence-corrected chi connectivity index (χ2v) is 4.40. The predicted molar refractivity (Wildman–Crippen MR) is 71.4 cm³/mol. The van der Waals surface area contributed by atoms with E-state index in [9.17, 15) is 4.79 Å². The normalized spacial score (nSPS) is 10.3. The largest absolute Gasteiger partial charge is 0.294 e. The minimum atomic E-state index is 0.110. The van der Waals surface area contributed by atoms with Gasteiger partial charge in [-0.25, -0.2) is 0 Å². The van der Waals surface area contributed by atoms with Crippen molar-refractivity contribution in [1.29, 1.82) is 0 Å². The van der Waals surface area contributed by atoms with Gasteiger partial charge >= 0.3 is 0 Å². The number of ketones is 1.